The lowest BCUT2D eigenvalue weighted by Gasteiger charge is -2.20. The first-order valence-electron chi connectivity index (χ1n) is 8.67. The molecule has 0 bridgehead atoms. The number of carbonyl (C=O) groups is 2. The fraction of sp³-hybridized carbons (Fsp3) is 0.333. The number of pyridine rings is 1. The Morgan fingerprint density at radius 1 is 1.37 bits per heavy atom. The molecule has 3 aromatic heterocycles. The molecule has 0 radical (unpaired) electrons. The SMILES string of the molecule is CCN(C(=O)c1cnc(-c2noc(C3CC(=O)C3)n2)n1C)c1cccnc1. The quantitative estimate of drug-likeness (QED) is 0.679. The van der Waals surface area contributed by atoms with Crippen LogP contribution in [0.25, 0.3) is 11.6 Å². The van der Waals surface area contributed by atoms with Gasteiger partial charge in [-0.2, -0.15) is 4.98 Å². The van der Waals surface area contributed by atoms with Gasteiger partial charge in [-0.15, -0.1) is 0 Å². The molecule has 0 spiro atoms. The van der Waals surface area contributed by atoms with Gasteiger partial charge in [0.2, 0.25) is 11.7 Å². The number of carbonyl (C=O) groups excluding carboxylic acids is 2. The zero-order valence-electron chi connectivity index (χ0n) is 15.0. The summed E-state index contributed by atoms with van der Waals surface area (Å²) in [6.45, 7) is 2.39. The van der Waals surface area contributed by atoms with Gasteiger partial charge in [0.15, 0.2) is 5.82 Å². The third kappa shape index (κ3) is 3.01. The van der Waals surface area contributed by atoms with E-state index in [4.69, 9.17) is 4.52 Å². The number of hydrogen-bond acceptors (Lipinski definition) is 7. The van der Waals surface area contributed by atoms with Crippen LogP contribution in [0.2, 0.25) is 0 Å². The van der Waals surface area contributed by atoms with E-state index in [2.05, 4.69) is 20.1 Å². The Morgan fingerprint density at radius 2 is 2.19 bits per heavy atom. The van der Waals surface area contributed by atoms with Crippen LogP contribution in [0.4, 0.5) is 5.69 Å². The first kappa shape index (κ1) is 17.1. The number of anilines is 1. The second kappa shape index (κ2) is 6.75. The number of hydrogen-bond donors (Lipinski definition) is 0. The molecule has 0 aliphatic heterocycles. The van der Waals surface area contributed by atoms with Crippen LogP contribution in [-0.2, 0) is 11.8 Å². The van der Waals surface area contributed by atoms with E-state index in [0.29, 0.717) is 48.3 Å². The van der Waals surface area contributed by atoms with E-state index < -0.39 is 0 Å². The Kier molecular flexibility index (Phi) is 4.27. The van der Waals surface area contributed by atoms with Crippen LogP contribution in [0.1, 0.15) is 42.1 Å². The van der Waals surface area contributed by atoms with E-state index in [1.54, 1.807) is 35.0 Å². The van der Waals surface area contributed by atoms with Crippen molar-refractivity contribution >= 4 is 17.4 Å². The maximum atomic E-state index is 13.0. The van der Waals surface area contributed by atoms with Crippen LogP contribution in [0.15, 0.2) is 35.2 Å². The lowest BCUT2D eigenvalue weighted by molar-refractivity contribution is -0.125. The number of ketones is 1. The van der Waals surface area contributed by atoms with Gasteiger partial charge in [0.25, 0.3) is 5.91 Å². The Hall–Kier alpha value is -3.36. The van der Waals surface area contributed by atoms with Gasteiger partial charge in [0.05, 0.1) is 24.0 Å². The lowest BCUT2D eigenvalue weighted by Crippen LogP contribution is -2.32. The predicted molar refractivity (Wildman–Crippen MR) is 95.1 cm³/mol. The van der Waals surface area contributed by atoms with Crippen LogP contribution in [0, 0.1) is 0 Å². The predicted octanol–water partition coefficient (Wildman–Crippen LogP) is 1.98. The monoisotopic (exact) mass is 366 g/mol. The number of amides is 1. The molecule has 0 saturated heterocycles. The van der Waals surface area contributed by atoms with E-state index >= 15 is 0 Å². The molecule has 1 amide bonds. The number of rotatable bonds is 5. The molecule has 1 aliphatic carbocycles. The van der Waals surface area contributed by atoms with Crippen LogP contribution in [0.5, 0.6) is 0 Å². The maximum absolute atomic E-state index is 13.0. The van der Waals surface area contributed by atoms with Crippen molar-refractivity contribution < 1.29 is 14.1 Å². The average molecular weight is 366 g/mol. The average Bonchev–Trinajstić information content (AvgIpc) is 3.27. The summed E-state index contributed by atoms with van der Waals surface area (Å²) in [6.07, 6.45) is 5.67. The van der Waals surface area contributed by atoms with Gasteiger partial charge in [-0.05, 0) is 19.1 Å². The topological polar surface area (TPSA) is 107 Å². The molecule has 1 fully saturated rings. The van der Waals surface area contributed by atoms with Gasteiger partial charge in [0.1, 0.15) is 11.5 Å². The van der Waals surface area contributed by atoms with Gasteiger partial charge in [-0.1, -0.05) is 5.16 Å². The van der Waals surface area contributed by atoms with Crippen LogP contribution >= 0.6 is 0 Å². The molecule has 27 heavy (non-hydrogen) atoms. The summed E-state index contributed by atoms with van der Waals surface area (Å²) in [5, 5.41) is 3.96. The molecular formula is C18H18N6O3. The van der Waals surface area contributed by atoms with Crippen molar-refractivity contribution in [3.8, 4) is 11.6 Å². The normalized spacial score (nSPS) is 14.2. The van der Waals surface area contributed by atoms with Crippen molar-refractivity contribution in [2.24, 2.45) is 7.05 Å². The Balaban J connectivity index is 1.60. The molecular weight excluding hydrogens is 348 g/mol. The molecule has 3 aromatic rings. The number of aromatic nitrogens is 5. The van der Waals surface area contributed by atoms with Gasteiger partial charge < -0.3 is 14.0 Å². The highest BCUT2D eigenvalue weighted by Gasteiger charge is 2.33. The summed E-state index contributed by atoms with van der Waals surface area (Å²) in [7, 11) is 1.73. The fourth-order valence-corrected chi connectivity index (χ4v) is 3.07. The highest BCUT2D eigenvalue weighted by molar-refractivity contribution is 6.05. The van der Waals surface area contributed by atoms with Gasteiger partial charge in [-0.25, -0.2) is 4.98 Å². The summed E-state index contributed by atoms with van der Waals surface area (Å²) >= 11 is 0. The molecule has 1 saturated carbocycles. The third-order valence-corrected chi connectivity index (χ3v) is 4.67. The molecule has 4 rings (SSSR count). The van der Waals surface area contributed by atoms with E-state index in [1.807, 2.05) is 13.0 Å². The Bertz CT molecular complexity index is 986. The Labute approximate surface area is 155 Å². The largest absolute Gasteiger partial charge is 0.339 e. The zero-order valence-corrected chi connectivity index (χ0v) is 15.0. The maximum Gasteiger partial charge on any atom is 0.276 e. The van der Waals surface area contributed by atoms with E-state index in [9.17, 15) is 9.59 Å². The molecule has 9 nitrogen and oxygen atoms in total. The first-order valence-corrected chi connectivity index (χ1v) is 8.67. The molecule has 0 atom stereocenters. The number of nitrogens with zero attached hydrogens (tertiary/aromatic N) is 6. The molecule has 0 N–H and O–H groups in total. The number of Topliss-reactive ketones (excluding diaryl/α,β-unsaturated/α-hetero) is 1. The summed E-state index contributed by atoms with van der Waals surface area (Å²) in [6, 6.07) is 3.61. The molecule has 3 heterocycles. The minimum Gasteiger partial charge on any atom is -0.339 e. The van der Waals surface area contributed by atoms with Crippen LogP contribution in [-0.4, -0.2) is 42.9 Å². The van der Waals surface area contributed by atoms with Crippen LogP contribution < -0.4 is 4.90 Å². The van der Waals surface area contributed by atoms with Crippen molar-refractivity contribution in [1.82, 2.24) is 24.7 Å². The minimum atomic E-state index is -0.194. The smallest absolute Gasteiger partial charge is 0.276 e. The standard InChI is InChI=1S/C18H18N6O3/c1-3-24(12-5-4-6-19-9-12)18(26)14-10-20-16(23(14)2)15-21-17(27-22-15)11-7-13(25)8-11/h4-6,9-11H,3,7-8H2,1-2H3. The van der Waals surface area contributed by atoms with E-state index in [1.165, 1.54) is 6.20 Å². The molecule has 1 aliphatic rings. The second-order valence-electron chi connectivity index (χ2n) is 6.39. The van der Waals surface area contributed by atoms with Crippen LogP contribution in [0.3, 0.4) is 0 Å². The first-order chi connectivity index (χ1) is 13.1. The summed E-state index contributed by atoms with van der Waals surface area (Å²) in [5.74, 6) is 1.16. The Morgan fingerprint density at radius 3 is 2.85 bits per heavy atom. The van der Waals surface area contributed by atoms with Crippen molar-refractivity contribution in [3.05, 3.63) is 42.3 Å². The third-order valence-electron chi connectivity index (χ3n) is 4.67. The number of imidazole rings is 1. The summed E-state index contributed by atoms with van der Waals surface area (Å²) < 4.78 is 6.90. The lowest BCUT2D eigenvalue weighted by atomic mass is 9.84. The minimum absolute atomic E-state index is 0.0127. The van der Waals surface area contributed by atoms with Crippen molar-refractivity contribution in [3.63, 3.8) is 0 Å². The highest BCUT2D eigenvalue weighted by Crippen LogP contribution is 2.33. The van der Waals surface area contributed by atoms with Crippen molar-refractivity contribution in [1.29, 1.82) is 0 Å². The van der Waals surface area contributed by atoms with Gasteiger partial charge in [-0.3, -0.25) is 14.6 Å². The molecule has 9 heteroatoms. The van der Waals surface area contributed by atoms with Gasteiger partial charge >= 0.3 is 0 Å². The molecule has 0 unspecified atom stereocenters. The fourth-order valence-electron chi connectivity index (χ4n) is 3.07. The highest BCUT2D eigenvalue weighted by atomic mass is 16.5. The summed E-state index contributed by atoms with van der Waals surface area (Å²) in [4.78, 5) is 38.5. The summed E-state index contributed by atoms with van der Waals surface area (Å²) in [5.41, 5.74) is 1.12. The molecule has 0 aromatic carbocycles. The van der Waals surface area contributed by atoms with Crippen molar-refractivity contribution in [2.45, 2.75) is 25.7 Å². The van der Waals surface area contributed by atoms with Gasteiger partial charge in [0, 0.05) is 32.6 Å². The molecule has 138 valence electrons. The second-order valence-corrected chi connectivity index (χ2v) is 6.39. The van der Waals surface area contributed by atoms with E-state index in [0.717, 1.165) is 0 Å². The zero-order chi connectivity index (χ0) is 19.0. The van der Waals surface area contributed by atoms with E-state index in [-0.39, 0.29) is 17.6 Å². The van der Waals surface area contributed by atoms with Crippen molar-refractivity contribution in [2.75, 3.05) is 11.4 Å².